The van der Waals surface area contributed by atoms with Crippen molar-refractivity contribution in [1.29, 1.82) is 0 Å². The Hall–Kier alpha value is -1.60. The van der Waals surface area contributed by atoms with Gasteiger partial charge in [-0.3, -0.25) is 4.68 Å². The summed E-state index contributed by atoms with van der Waals surface area (Å²) in [7, 11) is -3.57. The molecule has 2 aromatic heterocycles. The van der Waals surface area contributed by atoms with Gasteiger partial charge in [0, 0.05) is 13.1 Å². The monoisotopic (exact) mass is 323 g/mol. The quantitative estimate of drug-likeness (QED) is 0.867. The number of hydrogen-bond donors (Lipinski definition) is 0. The minimum atomic E-state index is -3.57. The second-order valence-corrected chi connectivity index (χ2v) is 7.43. The lowest BCUT2D eigenvalue weighted by molar-refractivity contribution is 0.339. The molecule has 22 heavy (non-hydrogen) atoms. The normalized spacial score (nSPS) is 19.9. The zero-order valence-electron chi connectivity index (χ0n) is 13.1. The van der Waals surface area contributed by atoms with E-state index in [2.05, 4.69) is 5.10 Å². The SMILES string of the molecule is CCn1nc(C)c(S(=O)(=O)N2CCC[C@@H]2c2ccco2)c1C. The summed E-state index contributed by atoms with van der Waals surface area (Å²) in [5, 5.41) is 4.34. The highest BCUT2D eigenvalue weighted by molar-refractivity contribution is 7.89. The maximum Gasteiger partial charge on any atom is 0.247 e. The molecule has 0 saturated carbocycles. The predicted octanol–water partition coefficient (Wildman–Crippen LogP) is 2.64. The molecule has 0 aliphatic carbocycles. The van der Waals surface area contributed by atoms with Crippen LogP contribution < -0.4 is 0 Å². The maximum atomic E-state index is 13.1. The Morgan fingerprint density at radius 1 is 1.41 bits per heavy atom. The summed E-state index contributed by atoms with van der Waals surface area (Å²) >= 11 is 0. The molecule has 0 bridgehead atoms. The number of rotatable bonds is 4. The van der Waals surface area contributed by atoms with E-state index in [9.17, 15) is 8.42 Å². The van der Waals surface area contributed by atoms with Gasteiger partial charge < -0.3 is 4.42 Å². The third-order valence-electron chi connectivity index (χ3n) is 4.26. The molecule has 0 radical (unpaired) electrons. The Labute approximate surface area is 130 Å². The van der Waals surface area contributed by atoms with E-state index >= 15 is 0 Å². The van der Waals surface area contributed by atoms with Gasteiger partial charge in [0.2, 0.25) is 10.0 Å². The Bertz CT molecular complexity index is 762. The van der Waals surface area contributed by atoms with E-state index in [-0.39, 0.29) is 6.04 Å². The van der Waals surface area contributed by atoms with E-state index in [0.29, 0.717) is 35.1 Å². The molecule has 7 heteroatoms. The molecule has 0 aromatic carbocycles. The second kappa shape index (κ2) is 5.55. The van der Waals surface area contributed by atoms with Crippen LogP contribution in [0.25, 0.3) is 0 Å². The molecule has 1 atom stereocenters. The molecule has 0 amide bonds. The highest BCUT2D eigenvalue weighted by atomic mass is 32.2. The van der Waals surface area contributed by atoms with Crippen molar-refractivity contribution in [1.82, 2.24) is 14.1 Å². The summed E-state index contributed by atoms with van der Waals surface area (Å²) in [5.41, 5.74) is 1.26. The number of furan rings is 1. The van der Waals surface area contributed by atoms with Crippen molar-refractivity contribution in [3.8, 4) is 0 Å². The van der Waals surface area contributed by atoms with Crippen molar-refractivity contribution in [2.24, 2.45) is 0 Å². The predicted molar refractivity (Wildman–Crippen MR) is 81.9 cm³/mol. The van der Waals surface area contributed by atoms with Crippen molar-refractivity contribution in [3.05, 3.63) is 35.5 Å². The third-order valence-corrected chi connectivity index (χ3v) is 6.42. The first kappa shape index (κ1) is 15.3. The summed E-state index contributed by atoms with van der Waals surface area (Å²) < 4.78 is 35.0. The molecule has 0 N–H and O–H groups in total. The lowest BCUT2D eigenvalue weighted by Gasteiger charge is -2.22. The Morgan fingerprint density at radius 3 is 2.77 bits per heavy atom. The maximum absolute atomic E-state index is 13.1. The molecule has 120 valence electrons. The fourth-order valence-electron chi connectivity index (χ4n) is 3.27. The largest absolute Gasteiger partial charge is 0.468 e. The number of aromatic nitrogens is 2. The topological polar surface area (TPSA) is 68.3 Å². The first-order valence-electron chi connectivity index (χ1n) is 7.56. The summed E-state index contributed by atoms with van der Waals surface area (Å²) in [6.07, 6.45) is 3.21. The van der Waals surface area contributed by atoms with Crippen molar-refractivity contribution < 1.29 is 12.8 Å². The summed E-state index contributed by atoms with van der Waals surface area (Å²) in [5.74, 6) is 0.708. The van der Waals surface area contributed by atoms with Crippen LogP contribution in [0.1, 0.15) is 43.0 Å². The lowest BCUT2D eigenvalue weighted by atomic mass is 10.2. The van der Waals surface area contributed by atoms with Gasteiger partial charge in [0.1, 0.15) is 10.7 Å². The van der Waals surface area contributed by atoms with E-state index in [0.717, 1.165) is 12.8 Å². The van der Waals surface area contributed by atoms with Crippen LogP contribution in [0.5, 0.6) is 0 Å². The van der Waals surface area contributed by atoms with E-state index < -0.39 is 10.0 Å². The van der Waals surface area contributed by atoms with E-state index in [1.807, 2.05) is 19.9 Å². The molecule has 1 aliphatic rings. The van der Waals surface area contributed by atoms with E-state index in [1.54, 1.807) is 28.2 Å². The first-order chi connectivity index (χ1) is 10.5. The summed E-state index contributed by atoms with van der Waals surface area (Å²) in [6.45, 7) is 6.70. The van der Waals surface area contributed by atoms with Crippen molar-refractivity contribution >= 4 is 10.0 Å². The van der Waals surface area contributed by atoms with Crippen LogP contribution in [0.4, 0.5) is 0 Å². The van der Waals surface area contributed by atoms with Crippen LogP contribution in [0.3, 0.4) is 0 Å². The van der Waals surface area contributed by atoms with Crippen molar-refractivity contribution in [2.75, 3.05) is 6.54 Å². The molecule has 1 saturated heterocycles. The fraction of sp³-hybridized carbons (Fsp3) is 0.533. The number of sulfonamides is 1. The molecule has 3 heterocycles. The van der Waals surface area contributed by atoms with Crippen molar-refractivity contribution in [3.63, 3.8) is 0 Å². The molecule has 1 fully saturated rings. The van der Waals surface area contributed by atoms with Gasteiger partial charge in [-0.25, -0.2) is 8.42 Å². The highest BCUT2D eigenvalue weighted by Gasteiger charge is 2.40. The van der Waals surface area contributed by atoms with E-state index in [4.69, 9.17) is 4.42 Å². The molecule has 0 unspecified atom stereocenters. The average molecular weight is 323 g/mol. The highest BCUT2D eigenvalue weighted by Crippen LogP contribution is 2.38. The molecule has 3 rings (SSSR count). The van der Waals surface area contributed by atoms with Crippen LogP contribution in [-0.4, -0.2) is 29.0 Å². The van der Waals surface area contributed by atoms with Crippen LogP contribution >= 0.6 is 0 Å². The van der Waals surface area contributed by atoms with Gasteiger partial charge in [-0.2, -0.15) is 9.40 Å². The third kappa shape index (κ3) is 2.28. The molecular formula is C15H21N3O3S. The van der Waals surface area contributed by atoms with Crippen LogP contribution in [0.15, 0.2) is 27.7 Å². The zero-order valence-corrected chi connectivity index (χ0v) is 13.9. The minimum Gasteiger partial charge on any atom is -0.468 e. The van der Waals surface area contributed by atoms with Gasteiger partial charge >= 0.3 is 0 Å². The molecule has 1 aliphatic heterocycles. The van der Waals surface area contributed by atoms with Crippen LogP contribution in [0.2, 0.25) is 0 Å². The Morgan fingerprint density at radius 2 is 2.18 bits per heavy atom. The standard InChI is InChI=1S/C15H21N3O3S/c1-4-17-12(3)15(11(2)16-17)22(19,20)18-9-5-7-13(18)14-8-6-10-21-14/h6,8,10,13H,4-5,7,9H2,1-3H3/t13-/m1/s1. The molecular weight excluding hydrogens is 302 g/mol. The average Bonchev–Trinajstić information content (AvgIpc) is 3.16. The van der Waals surface area contributed by atoms with Crippen LogP contribution in [-0.2, 0) is 16.6 Å². The van der Waals surface area contributed by atoms with Gasteiger partial charge in [-0.15, -0.1) is 0 Å². The van der Waals surface area contributed by atoms with Gasteiger partial charge in [-0.05, 0) is 45.7 Å². The number of nitrogens with zero attached hydrogens (tertiary/aromatic N) is 3. The van der Waals surface area contributed by atoms with E-state index in [1.165, 1.54) is 0 Å². The van der Waals surface area contributed by atoms with Gasteiger partial charge in [0.25, 0.3) is 0 Å². The minimum absolute atomic E-state index is 0.219. The molecule has 2 aromatic rings. The first-order valence-corrected chi connectivity index (χ1v) is 9.00. The second-order valence-electron chi connectivity index (χ2n) is 5.60. The summed E-state index contributed by atoms with van der Waals surface area (Å²) in [4.78, 5) is 0.341. The Balaban J connectivity index is 2.05. The van der Waals surface area contributed by atoms with Crippen molar-refractivity contribution in [2.45, 2.75) is 51.1 Å². The lowest BCUT2D eigenvalue weighted by Crippen LogP contribution is -2.31. The molecule has 6 nitrogen and oxygen atoms in total. The van der Waals surface area contributed by atoms with Crippen LogP contribution in [0, 0.1) is 13.8 Å². The Kier molecular flexibility index (Phi) is 3.86. The fourth-order valence-corrected chi connectivity index (χ4v) is 5.31. The van der Waals surface area contributed by atoms with Gasteiger partial charge in [0.15, 0.2) is 0 Å². The summed E-state index contributed by atoms with van der Waals surface area (Å²) in [6, 6.07) is 3.42. The van der Waals surface area contributed by atoms with Gasteiger partial charge in [0.05, 0.1) is 23.7 Å². The van der Waals surface area contributed by atoms with Gasteiger partial charge in [-0.1, -0.05) is 0 Å². The smallest absolute Gasteiger partial charge is 0.247 e. The molecule has 0 spiro atoms. The number of aryl methyl sites for hydroxylation is 2. The zero-order chi connectivity index (χ0) is 15.9. The number of hydrogen-bond acceptors (Lipinski definition) is 4.